The second-order valence-corrected chi connectivity index (χ2v) is 10.2. The Morgan fingerprint density at radius 2 is 1.43 bits per heavy atom. The van der Waals surface area contributed by atoms with Crippen molar-refractivity contribution in [3.8, 4) is 34.1 Å². The van der Waals surface area contributed by atoms with Crippen molar-refractivity contribution in [2.75, 3.05) is 13.2 Å². The molecular formula is C34H25F6NO3. The second kappa shape index (κ2) is 13.0. The van der Waals surface area contributed by atoms with E-state index in [0.717, 1.165) is 43.2 Å². The van der Waals surface area contributed by atoms with Crippen LogP contribution in [0.2, 0.25) is 0 Å². The van der Waals surface area contributed by atoms with E-state index in [0.29, 0.717) is 11.1 Å². The summed E-state index contributed by atoms with van der Waals surface area (Å²) >= 11 is 0. The van der Waals surface area contributed by atoms with Gasteiger partial charge in [-0.25, -0.2) is 17.6 Å². The molecule has 0 unspecified atom stereocenters. The third-order valence-electron chi connectivity index (χ3n) is 7.18. The zero-order valence-corrected chi connectivity index (χ0v) is 23.1. The average Bonchev–Trinajstić information content (AvgIpc) is 3.00. The Morgan fingerprint density at radius 3 is 2.02 bits per heavy atom. The summed E-state index contributed by atoms with van der Waals surface area (Å²) in [6.07, 6.45) is -2.18. The van der Waals surface area contributed by atoms with Gasteiger partial charge in [-0.05, 0) is 72.0 Å². The van der Waals surface area contributed by atoms with E-state index < -0.39 is 47.0 Å². The number of hydrogen-bond acceptors (Lipinski definition) is 4. The average molecular weight is 610 g/mol. The predicted octanol–water partition coefficient (Wildman–Crippen LogP) is 9.20. The lowest BCUT2D eigenvalue weighted by molar-refractivity contribution is -0.206. The van der Waals surface area contributed by atoms with Gasteiger partial charge in [0, 0.05) is 17.0 Å². The van der Waals surface area contributed by atoms with Crippen LogP contribution < -0.4 is 4.74 Å². The Labute approximate surface area is 249 Å². The van der Waals surface area contributed by atoms with E-state index in [-0.39, 0.29) is 41.4 Å². The molecule has 5 rings (SSSR count). The number of rotatable bonds is 9. The van der Waals surface area contributed by atoms with E-state index in [4.69, 9.17) is 19.5 Å². The molecule has 0 N–H and O–H groups in total. The van der Waals surface area contributed by atoms with Gasteiger partial charge >= 0.3 is 6.11 Å². The molecule has 0 atom stereocenters. The van der Waals surface area contributed by atoms with Crippen LogP contribution in [-0.2, 0) is 15.6 Å². The van der Waals surface area contributed by atoms with Crippen LogP contribution in [0.5, 0.6) is 5.75 Å². The number of ether oxygens (including phenoxy) is 3. The molecule has 1 aliphatic heterocycles. The quantitative estimate of drug-likeness (QED) is 0.140. The van der Waals surface area contributed by atoms with Gasteiger partial charge in [0.2, 0.25) is 0 Å². The molecule has 0 saturated carbocycles. The van der Waals surface area contributed by atoms with Gasteiger partial charge in [0.05, 0.1) is 18.8 Å². The summed E-state index contributed by atoms with van der Waals surface area (Å²) in [6.45, 7) is 4.22. The number of halogens is 6. The first-order valence-corrected chi connectivity index (χ1v) is 13.6. The summed E-state index contributed by atoms with van der Waals surface area (Å²) in [5.74, 6) is -4.82. The molecule has 0 spiro atoms. The number of allylic oxidation sites excluding steroid dienone is 1. The first-order chi connectivity index (χ1) is 21.1. The van der Waals surface area contributed by atoms with Crippen LogP contribution in [0, 0.1) is 40.5 Å². The minimum Gasteiger partial charge on any atom is -0.429 e. The first kappa shape index (κ1) is 30.9. The first-order valence-electron chi connectivity index (χ1n) is 13.6. The van der Waals surface area contributed by atoms with Crippen molar-refractivity contribution in [2.45, 2.75) is 25.2 Å². The molecule has 0 aliphatic carbocycles. The van der Waals surface area contributed by atoms with Crippen LogP contribution in [0.1, 0.15) is 35.8 Å². The van der Waals surface area contributed by atoms with E-state index in [1.807, 2.05) is 0 Å². The number of benzene rings is 4. The summed E-state index contributed by atoms with van der Waals surface area (Å²) in [7, 11) is 0. The van der Waals surface area contributed by atoms with E-state index in [2.05, 4.69) is 6.58 Å². The maximum atomic E-state index is 15.0. The van der Waals surface area contributed by atoms with Crippen LogP contribution in [0.3, 0.4) is 0 Å². The summed E-state index contributed by atoms with van der Waals surface area (Å²) in [5.41, 5.74) is -0.672. The molecule has 0 amide bonds. The van der Waals surface area contributed by atoms with Crippen molar-refractivity contribution >= 4 is 0 Å². The van der Waals surface area contributed by atoms with Gasteiger partial charge in [0.15, 0.2) is 6.29 Å². The van der Waals surface area contributed by atoms with Crippen molar-refractivity contribution in [3.05, 3.63) is 125 Å². The molecule has 4 aromatic carbocycles. The highest BCUT2D eigenvalue weighted by atomic mass is 19.3. The van der Waals surface area contributed by atoms with Crippen molar-refractivity contribution in [1.82, 2.24) is 0 Å². The Balaban J connectivity index is 1.28. The Bertz CT molecular complexity index is 1690. The molecule has 0 radical (unpaired) electrons. The molecule has 4 aromatic rings. The Kier molecular flexibility index (Phi) is 9.09. The molecular weight excluding hydrogens is 584 g/mol. The lowest BCUT2D eigenvalue weighted by Gasteiger charge is -2.30. The summed E-state index contributed by atoms with van der Waals surface area (Å²) in [5, 5.41) is 8.88. The topological polar surface area (TPSA) is 51.5 Å². The van der Waals surface area contributed by atoms with E-state index >= 15 is 0 Å². The maximum absolute atomic E-state index is 15.0. The lowest BCUT2D eigenvalue weighted by atomic mass is 9.99. The van der Waals surface area contributed by atoms with E-state index in [1.54, 1.807) is 18.2 Å². The van der Waals surface area contributed by atoms with Crippen molar-refractivity contribution in [3.63, 3.8) is 0 Å². The highest BCUT2D eigenvalue weighted by Crippen LogP contribution is 2.38. The van der Waals surface area contributed by atoms with E-state index in [9.17, 15) is 26.3 Å². The van der Waals surface area contributed by atoms with Crippen LogP contribution >= 0.6 is 0 Å². The minimum absolute atomic E-state index is 0.0753. The van der Waals surface area contributed by atoms with Crippen molar-refractivity contribution < 1.29 is 40.6 Å². The van der Waals surface area contributed by atoms with E-state index in [1.165, 1.54) is 36.4 Å². The largest absolute Gasteiger partial charge is 0.432 e. The fraction of sp³-hybridized carbons (Fsp3) is 0.206. The van der Waals surface area contributed by atoms with Crippen LogP contribution in [0.25, 0.3) is 22.3 Å². The minimum atomic E-state index is -4.37. The third kappa shape index (κ3) is 6.64. The molecule has 1 saturated heterocycles. The predicted molar refractivity (Wildman–Crippen MR) is 150 cm³/mol. The van der Waals surface area contributed by atoms with Crippen LogP contribution in [0.4, 0.5) is 26.3 Å². The lowest BCUT2D eigenvalue weighted by Crippen LogP contribution is -2.28. The zero-order valence-electron chi connectivity index (χ0n) is 23.1. The monoisotopic (exact) mass is 609 g/mol. The normalized spacial score (nSPS) is 16.8. The zero-order chi connectivity index (χ0) is 31.4. The molecule has 226 valence electrons. The Morgan fingerprint density at radius 1 is 0.818 bits per heavy atom. The van der Waals surface area contributed by atoms with Gasteiger partial charge < -0.3 is 14.2 Å². The smallest absolute Gasteiger partial charge is 0.429 e. The van der Waals surface area contributed by atoms with Crippen LogP contribution in [-0.4, -0.2) is 13.2 Å². The fourth-order valence-electron chi connectivity index (χ4n) is 4.88. The molecule has 1 heterocycles. The van der Waals surface area contributed by atoms with Gasteiger partial charge in [-0.1, -0.05) is 36.4 Å². The summed E-state index contributed by atoms with van der Waals surface area (Å²) in [6, 6.07) is 16.1. The molecule has 44 heavy (non-hydrogen) atoms. The second-order valence-electron chi connectivity index (χ2n) is 10.2. The number of nitriles is 1. The molecule has 10 heteroatoms. The standard InChI is InChI=1S/C34H25F6NO3/c1-2-3-4-20-18-42-33(43-19-20)25-15-30(37)32(31(38)16-25)34(39,40)44-26-10-7-21(8-11-26)22-9-12-27(29(36)13-22)23-5-6-24(17-41)28(35)14-23/h2,5-16,20,33H,1,3-4,18-19H2. The highest BCUT2D eigenvalue weighted by molar-refractivity contribution is 5.71. The number of nitrogens with zero attached hydrogens (tertiary/aromatic N) is 1. The van der Waals surface area contributed by atoms with Gasteiger partial charge in [-0.15, -0.1) is 6.58 Å². The van der Waals surface area contributed by atoms with Crippen molar-refractivity contribution in [1.29, 1.82) is 5.26 Å². The van der Waals surface area contributed by atoms with Gasteiger partial charge in [0.1, 0.15) is 40.7 Å². The third-order valence-corrected chi connectivity index (χ3v) is 7.18. The van der Waals surface area contributed by atoms with Crippen LogP contribution in [0.15, 0.2) is 85.5 Å². The SMILES string of the molecule is C=CCCC1COC(c2cc(F)c(C(F)(F)Oc3ccc(-c4ccc(-c5ccc(C#N)c(F)c5)c(F)c4)cc3)c(F)c2)OC1. The molecule has 4 nitrogen and oxygen atoms in total. The number of alkyl halides is 2. The van der Waals surface area contributed by atoms with Gasteiger partial charge in [0.25, 0.3) is 0 Å². The van der Waals surface area contributed by atoms with Gasteiger partial charge in [-0.3, -0.25) is 0 Å². The highest BCUT2D eigenvalue weighted by Gasteiger charge is 2.42. The summed E-state index contributed by atoms with van der Waals surface area (Å²) in [4.78, 5) is 0. The molecule has 0 bridgehead atoms. The fourth-order valence-corrected chi connectivity index (χ4v) is 4.88. The molecule has 0 aromatic heterocycles. The number of hydrogen-bond donors (Lipinski definition) is 0. The summed E-state index contributed by atoms with van der Waals surface area (Å²) < 4.78 is 104. The van der Waals surface area contributed by atoms with Gasteiger partial charge in [-0.2, -0.15) is 14.0 Å². The molecule has 1 fully saturated rings. The Hall–Kier alpha value is -4.59. The molecule has 1 aliphatic rings. The maximum Gasteiger partial charge on any atom is 0.432 e. The van der Waals surface area contributed by atoms with Crippen molar-refractivity contribution in [2.24, 2.45) is 5.92 Å².